The van der Waals surface area contributed by atoms with Crippen molar-refractivity contribution in [1.29, 1.82) is 0 Å². The summed E-state index contributed by atoms with van der Waals surface area (Å²) in [7, 11) is 0. The first-order valence-corrected chi connectivity index (χ1v) is 8.93. The Balaban J connectivity index is 1.78. The van der Waals surface area contributed by atoms with E-state index in [1.165, 1.54) is 17.1 Å². The van der Waals surface area contributed by atoms with E-state index in [1.807, 2.05) is 31.2 Å². The molecule has 2 aromatic rings. The van der Waals surface area contributed by atoms with E-state index in [9.17, 15) is 9.59 Å². The number of aromatic carboxylic acids is 1. The number of amides is 1. The second kappa shape index (κ2) is 8.39. The molecular weight excluding hydrogens is 358 g/mol. The van der Waals surface area contributed by atoms with Gasteiger partial charge in [-0.15, -0.1) is 0 Å². The fourth-order valence-electron chi connectivity index (χ4n) is 2.68. The molecule has 1 aliphatic rings. The Hall–Kier alpha value is -3.61. The molecule has 0 atom stereocenters. The maximum Gasteiger partial charge on any atom is 0.335 e. The van der Waals surface area contributed by atoms with Gasteiger partial charge in [-0.25, -0.2) is 4.79 Å². The van der Waals surface area contributed by atoms with Gasteiger partial charge in [0, 0.05) is 6.20 Å². The average Bonchev–Trinajstić information content (AvgIpc) is 2.99. The quantitative estimate of drug-likeness (QED) is 0.712. The van der Waals surface area contributed by atoms with Gasteiger partial charge in [-0.05, 0) is 49.7 Å². The first-order valence-electron chi connectivity index (χ1n) is 8.93. The van der Waals surface area contributed by atoms with E-state index in [-0.39, 0.29) is 11.5 Å². The number of para-hydroxylation sites is 2. The second-order valence-electron chi connectivity index (χ2n) is 6.20. The van der Waals surface area contributed by atoms with Crippen LogP contribution in [0.3, 0.4) is 0 Å². The highest BCUT2D eigenvalue weighted by Gasteiger charge is 2.28. The Labute approximate surface area is 162 Å². The van der Waals surface area contributed by atoms with E-state index in [0.29, 0.717) is 29.3 Å². The molecule has 7 nitrogen and oxygen atoms in total. The number of nitrogens with one attached hydrogen (secondary N) is 1. The molecule has 1 amide bonds. The van der Waals surface area contributed by atoms with Gasteiger partial charge in [0.25, 0.3) is 5.91 Å². The fourth-order valence-corrected chi connectivity index (χ4v) is 2.68. The molecule has 2 N–H and O–H groups in total. The molecule has 0 spiro atoms. The number of hydrogen-bond acceptors (Lipinski definition) is 5. The average molecular weight is 379 g/mol. The van der Waals surface area contributed by atoms with Crippen molar-refractivity contribution < 1.29 is 19.4 Å². The maximum atomic E-state index is 12.8. The maximum absolute atomic E-state index is 12.8. The van der Waals surface area contributed by atoms with Gasteiger partial charge in [-0.2, -0.15) is 10.1 Å². The van der Waals surface area contributed by atoms with Crippen molar-refractivity contribution in [3.05, 3.63) is 65.9 Å². The molecule has 2 aromatic carbocycles. The minimum atomic E-state index is -1.02. The first kappa shape index (κ1) is 19.2. The fraction of sp³-hybridized carbons (Fsp3) is 0.190. The number of hydrazone groups is 1. The summed E-state index contributed by atoms with van der Waals surface area (Å²) in [6.45, 7) is 4.39. The number of rotatable bonds is 7. The Morgan fingerprint density at radius 1 is 1.21 bits per heavy atom. The normalized spacial score (nSPS) is 14.9. The largest absolute Gasteiger partial charge is 0.491 e. The lowest BCUT2D eigenvalue weighted by Crippen LogP contribution is -2.21. The molecule has 0 bridgehead atoms. The van der Waals surface area contributed by atoms with Crippen LogP contribution in [0.5, 0.6) is 5.75 Å². The summed E-state index contributed by atoms with van der Waals surface area (Å²) in [5.74, 6) is -0.602. The minimum absolute atomic E-state index is 0.150. The van der Waals surface area contributed by atoms with Crippen LogP contribution in [0.15, 0.2) is 65.4 Å². The zero-order valence-electron chi connectivity index (χ0n) is 15.7. The second-order valence-corrected chi connectivity index (χ2v) is 6.20. The van der Waals surface area contributed by atoms with Gasteiger partial charge in [-0.3, -0.25) is 4.79 Å². The highest BCUT2D eigenvalue weighted by molar-refractivity contribution is 6.29. The van der Waals surface area contributed by atoms with E-state index < -0.39 is 5.97 Å². The third kappa shape index (κ3) is 4.03. The highest BCUT2D eigenvalue weighted by Crippen LogP contribution is 2.27. The smallest absolute Gasteiger partial charge is 0.335 e. The van der Waals surface area contributed by atoms with Crippen molar-refractivity contribution >= 4 is 29.0 Å². The summed E-state index contributed by atoms with van der Waals surface area (Å²) in [6, 6.07) is 13.5. The van der Waals surface area contributed by atoms with Gasteiger partial charge in [0.1, 0.15) is 5.75 Å². The molecule has 1 heterocycles. The van der Waals surface area contributed by atoms with Crippen LogP contribution in [0.25, 0.3) is 0 Å². The summed E-state index contributed by atoms with van der Waals surface area (Å²) in [5.41, 5.74) is 2.40. The van der Waals surface area contributed by atoms with Gasteiger partial charge in [0.15, 0.2) is 0 Å². The van der Waals surface area contributed by atoms with Crippen LogP contribution < -0.4 is 15.1 Å². The molecule has 0 unspecified atom stereocenters. The summed E-state index contributed by atoms with van der Waals surface area (Å²) in [6.07, 6.45) is 2.51. The van der Waals surface area contributed by atoms with Crippen molar-refractivity contribution in [2.24, 2.45) is 5.10 Å². The van der Waals surface area contributed by atoms with Crippen LogP contribution in [-0.2, 0) is 4.79 Å². The third-order valence-corrected chi connectivity index (χ3v) is 4.14. The Kier molecular flexibility index (Phi) is 5.74. The molecule has 1 aliphatic heterocycles. The lowest BCUT2D eigenvalue weighted by Gasteiger charge is -2.12. The van der Waals surface area contributed by atoms with Crippen molar-refractivity contribution in [3.8, 4) is 5.75 Å². The van der Waals surface area contributed by atoms with Crippen molar-refractivity contribution in [2.75, 3.05) is 16.9 Å². The Morgan fingerprint density at radius 2 is 1.93 bits per heavy atom. The molecule has 0 fully saturated rings. The summed E-state index contributed by atoms with van der Waals surface area (Å²) < 4.78 is 5.71. The van der Waals surface area contributed by atoms with E-state index in [2.05, 4.69) is 10.4 Å². The predicted octanol–water partition coefficient (Wildman–Crippen LogP) is 3.89. The molecule has 0 aliphatic carbocycles. The van der Waals surface area contributed by atoms with Crippen LogP contribution in [0.4, 0.5) is 11.4 Å². The number of ether oxygens (including phenoxy) is 1. The summed E-state index contributed by atoms with van der Waals surface area (Å²) in [5, 5.41) is 17.7. The van der Waals surface area contributed by atoms with Crippen LogP contribution in [0.2, 0.25) is 0 Å². The summed E-state index contributed by atoms with van der Waals surface area (Å²) >= 11 is 0. The highest BCUT2D eigenvalue weighted by atomic mass is 16.5. The number of carboxylic acids is 1. The number of anilines is 2. The van der Waals surface area contributed by atoms with Gasteiger partial charge < -0.3 is 15.2 Å². The SMILES string of the molecule is CCCOc1ccccc1N/C=C1\C(=O)N(c2ccc(C(=O)O)cc2)N=C1C. The minimum Gasteiger partial charge on any atom is -0.491 e. The summed E-state index contributed by atoms with van der Waals surface area (Å²) in [4.78, 5) is 23.7. The lowest BCUT2D eigenvalue weighted by molar-refractivity contribution is -0.114. The van der Waals surface area contributed by atoms with Crippen LogP contribution in [0.1, 0.15) is 30.6 Å². The molecular formula is C21H21N3O4. The number of hydrogen-bond donors (Lipinski definition) is 2. The van der Waals surface area contributed by atoms with Gasteiger partial charge in [0.05, 0.1) is 34.8 Å². The molecule has 7 heteroatoms. The Morgan fingerprint density at radius 3 is 2.61 bits per heavy atom. The molecule has 0 saturated heterocycles. The number of carbonyl (C=O) groups excluding carboxylic acids is 1. The molecule has 0 saturated carbocycles. The molecule has 0 radical (unpaired) electrons. The number of carbonyl (C=O) groups is 2. The topological polar surface area (TPSA) is 91.2 Å². The number of carboxylic acid groups (broad SMARTS) is 1. The number of benzene rings is 2. The van der Waals surface area contributed by atoms with Crippen LogP contribution >= 0.6 is 0 Å². The molecule has 0 aromatic heterocycles. The van der Waals surface area contributed by atoms with E-state index in [1.54, 1.807) is 25.3 Å². The van der Waals surface area contributed by atoms with Gasteiger partial charge in [0.2, 0.25) is 0 Å². The molecule has 28 heavy (non-hydrogen) atoms. The first-order chi connectivity index (χ1) is 13.5. The molecule has 144 valence electrons. The zero-order valence-corrected chi connectivity index (χ0v) is 15.7. The third-order valence-electron chi connectivity index (χ3n) is 4.14. The standard InChI is InChI=1S/C21H21N3O4/c1-3-12-28-19-7-5-4-6-18(19)22-13-17-14(2)23-24(20(17)25)16-10-8-15(9-11-16)21(26)27/h4-11,13,22H,3,12H2,1-2H3,(H,26,27)/b17-13-. The van der Waals surface area contributed by atoms with Crippen LogP contribution in [-0.4, -0.2) is 29.3 Å². The lowest BCUT2D eigenvalue weighted by atomic mass is 10.1. The van der Waals surface area contributed by atoms with Crippen molar-refractivity contribution in [2.45, 2.75) is 20.3 Å². The van der Waals surface area contributed by atoms with Gasteiger partial charge >= 0.3 is 5.97 Å². The zero-order chi connectivity index (χ0) is 20.1. The van der Waals surface area contributed by atoms with E-state index >= 15 is 0 Å². The van der Waals surface area contributed by atoms with Crippen LogP contribution in [0, 0.1) is 0 Å². The molecule has 3 rings (SSSR count). The Bertz CT molecular complexity index is 948. The van der Waals surface area contributed by atoms with Crippen molar-refractivity contribution in [3.63, 3.8) is 0 Å². The monoisotopic (exact) mass is 379 g/mol. The number of nitrogens with zero attached hydrogens (tertiary/aromatic N) is 2. The van der Waals surface area contributed by atoms with Crippen molar-refractivity contribution in [1.82, 2.24) is 0 Å². The van der Waals surface area contributed by atoms with E-state index in [0.717, 1.165) is 12.1 Å². The predicted molar refractivity (Wildman–Crippen MR) is 108 cm³/mol. The van der Waals surface area contributed by atoms with Gasteiger partial charge in [-0.1, -0.05) is 19.1 Å². The van der Waals surface area contributed by atoms with E-state index in [4.69, 9.17) is 9.84 Å².